The molecule has 3 nitrogen and oxygen atoms in total. The van der Waals surface area contributed by atoms with Crippen molar-refractivity contribution in [3.05, 3.63) is 25.3 Å². The molecule has 0 spiro atoms. The number of aliphatic hydroxyl groups is 1. The maximum atomic E-state index is 10.4. The Morgan fingerprint density at radius 1 is 1.38 bits per heavy atom. The molecule has 0 aromatic rings. The van der Waals surface area contributed by atoms with Crippen molar-refractivity contribution in [1.82, 2.24) is 0 Å². The Kier molecular flexibility index (Phi) is 4.30. The van der Waals surface area contributed by atoms with Gasteiger partial charge in [0.15, 0.2) is 5.79 Å². The Morgan fingerprint density at radius 2 is 1.94 bits per heavy atom. The van der Waals surface area contributed by atoms with Gasteiger partial charge in [-0.1, -0.05) is 12.2 Å². The number of hydrogen-bond acceptors (Lipinski definition) is 3. The van der Waals surface area contributed by atoms with Gasteiger partial charge in [0.2, 0.25) is 0 Å². The molecule has 1 aliphatic heterocycles. The molecule has 1 saturated heterocycles. The third-order valence-corrected chi connectivity index (χ3v) is 2.72. The highest BCUT2D eigenvalue weighted by molar-refractivity contribution is 4.94. The summed E-state index contributed by atoms with van der Waals surface area (Å²) in [6, 6.07) is 0. The van der Waals surface area contributed by atoms with E-state index in [1.54, 1.807) is 12.2 Å². The first-order chi connectivity index (χ1) is 7.41. The first-order valence-electron chi connectivity index (χ1n) is 5.67. The second-order valence-electron chi connectivity index (χ2n) is 4.86. The molecule has 16 heavy (non-hydrogen) atoms. The summed E-state index contributed by atoms with van der Waals surface area (Å²) in [4.78, 5) is 0. The van der Waals surface area contributed by atoms with E-state index in [1.165, 1.54) is 0 Å². The van der Waals surface area contributed by atoms with Crippen LogP contribution >= 0.6 is 0 Å². The molecule has 1 N–H and O–H groups in total. The monoisotopic (exact) mass is 226 g/mol. The Labute approximate surface area is 97.8 Å². The van der Waals surface area contributed by atoms with Crippen LogP contribution in [0, 0.1) is 0 Å². The van der Waals surface area contributed by atoms with Gasteiger partial charge in [-0.25, -0.2) is 0 Å². The summed E-state index contributed by atoms with van der Waals surface area (Å²) in [5.41, 5.74) is -0.808. The highest BCUT2D eigenvalue weighted by Crippen LogP contribution is 2.30. The molecule has 0 aliphatic carbocycles. The van der Waals surface area contributed by atoms with Crippen LogP contribution in [0.5, 0.6) is 0 Å². The van der Waals surface area contributed by atoms with Crippen LogP contribution in [0.15, 0.2) is 25.3 Å². The zero-order chi connectivity index (χ0) is 12.2. The molecule has 92 valence electrons. The summed E-state index contributed by atoms with van der Waals surface area (Å²) in [7, 11) is 0. The van der Waals surface area contributed by atoms with Crippen molar-refractivity contribution in [2.24, 2.45) is 0 Å². The largest absolute Gasteiger partial charge is 0.389 e. The summed E-state index contributed by atoms with van der Waals surface area (Å²) in [5.74, 6) is -0.534. The van der Waals surface area contributed by atoms with E-state index in [4.69, 9.17) is 9.47 Å². The molecule has 1 aliphatic rings. The van der Waals surface area contributed by atoms with Gasteiger partial charge in [0, 0.05) is 6.42 Å². The van der Waals surface area contributed by atoms with Crippen LogP contribution in [-0.2, 0) is 9.47 Å². The predicted molar refractivity (Wildman–Crippen MR) is 64.1 cm³/mol. The zero-order valence-corrected chi connectivity index (χ0v) is 10.2. The zero-order valence-electron chi connectivity index (χ0n) is 10.2. The first kappa shape index (κ1) is 13.4. The Hall–Kier alpha value is -0.640. The van der Waals surface area contributed by atoms with E-state index in [-0.39, 0.29) is 6.10 Å². The lowest BCUT2D eigenvalue weighted by Crippen LogP contribution is -2.34. The summed E-state index contributed by atoms with van der Waals surface area (Å²) in [5, 5.41) is 10.4. The molecule has 1 atom stereocenters. The van der Waals surface area contributed by atoms with Crippen molar-refractivity contribution in [3.8, 4) is 0 Å². The molecular formula is C13H22O3. The fourth-order valence-corrected chi connectivity index (χ4v) is 2.07. The molecule has 0 bridgehead atoms. The average molecular weight is 226 g/mol. The fourth-order valence-electron chi connectivity index (χ4n) is 2.07. The van der Waals surface area contributed by atoms with Crippen LogP contribution in [0.25, 0.3) is 0 Å². The summed E-state index contributed by atoms with van der Waals surface area (Å²) < 4.78 is 11.2. The lowest BCUT2D eigenvalue weighted by molar-refractivity contribution is -0.145. The molecule has 1 fully saturated rings. The molecular weight excluding hydrogens is 204 g/mol. The van der Waals surface area contributed by atoms with Crippen molar-refractivity contribution < 1.29 is 14.6 Å². The first-order valence-corrected chi connectivity index (χ1v) is 5.67. The van der Waals surface area contributed by atoms with Crippen LogP contribution in [0.2, 0.25) is 0 Å². The summed E-state index contributed by atoms with van der Waals surface area (Å²) in [6.45, 7) is 11.6. The Bertz CT molecular complexity index is 248. The van der Waals surface area contributed by atoms with E-state index in [9.17, 15) is 5.11 Å². The molecule has 0 saturated carbocycles. The molecule has 0 amide bonds. The number of rotatable bonds is 6. The molecule has 1 rings (SSSR count). The van der Waals surface area contributed by atoms with Crippen LogP contribution in [0.3, 0.4) is 0 Å². The summed E-state index contributed by atoms with van der Waals surface area (Å²) in [6.07, 6.45) is 5.03. The normalized spacial score (nSPS) is 24.3. The van der Waals surface area contributed by atoms with Gasteiger partial charge in [0.05, 0.1) is 18.3 Å². The molecule has 0 radical (unpaired) electrons. The third-order valence-electron chi connectivity index (χ3n) is 2.72. The van der Waals surface area contributed by atoms with Crippen LogP contribution in [0.1, 0.15) is 33.1 Å². The van der Waals surface area contributed by atoms with Crippen molar-refractivity contribution in [1.29, 1.82) is 0 Å². The lowest BCUT2D eigenvalue weighted by atomic mass is 9.89. The van der Waals surface area contributed by atoms with Gasteiger partial charge in [-0.15, -0.1) is 13.2 Å². The van der Waals surface area contributed by atoms with Crippen molar-refractivity contribution >= 4 is 0 Å². The molecule has 0 unspecified atom stereocenters. The second-order valence-corrected chi connectivity index (χ2v) is 4.86. The number of ether oxygens (including phenoxy) is 2. The van der Waals surface area contributed by atoms with Gasteiger partial charge in [-0.2, -0.15) is 0 Å². The quantitative estimate of drug-likeness (QED) is 0.707. The topological polar surface area (TPSA) is 38.7 Å². The SMILES string of the molecule is C=CCC(O)(CC=C)C[C@H]1COC(C)(C)O1. The highest BCUT2D eigenvalue weighted by Gasteiger charge is 2.37. The maximum Gasteiger partial charge on any atom is 0.163 e. The minimum atomic E-state index is -0.808. The molecule has 0 aromatic carbocycles. The third kappa shape index (κ3) is 3.74. The predicted octanol–water partition coefficient (Wildman–Crippen LogP) is 2.41. The smallest absolute Gasteiger partial charge is 0.163 e. The Balaban J connectivity index is 2.55. The van der Waals surface area contributed by atoms with Gasteiger partial charge >= 0.3 is 0 Å². The lowest BCUT2D eigenvalue weighted by Gasteiger charge is -2.28. The van der Waals surface area contributed by atoms with E-state index in [0.29, 0.717) is 25.9 Å². The van der Waals surface area contributed by atoms with Crippen molar-refractivity contribution in [3.63, 3.8) is 0 Å². The van der Waals surface area contributed by atoms with E-state index in [2.05, 4.69) is 13.2 Å². The van der Waals surface area contributed by atoms with Gasteiger partial charge in [-0.3, -0.25) is 0 Å². The Morgan fingerprint density at radius 3 is 2.31 bits per heavy atom. The van der Waals surface area contributed by atoms with E-state index >= 15 is 0 Å². The fraction of sp³-hybridized carbons (Fsp3) is 0.692. The van der Waals surface area contributed by atoms with Crippen LogP contribution < -0.4 is 0 Å². The minimum absolute atomic E-state index is 0.0556. The van der Waals surface area contributed by atoms with E-state index < -0.39 is 11.4 Å². The highest BCUT2D eigenvalue weighted by atomic mass is 16.7. The number of hydrogen-bond donors (Lipinski definition) is 1. The van der Waals surface area contributed by atoms with Crippen molar-refractivity contribution in [2.45, 2.75) is 50.6 Å². The second kappa shape index (κ2) is 5.13. The average Bonchev–Trinajstić information content (AvgIpc) is 2.45. The standard InChI is InChI=1S/C13H22O3/c1-5-7-13(14,8-6-2)9-11-10-15-12(3,4)16-11/h5-6,11,14H,1-2,7-10H2,3-4H3/t11-/m0/s1. The van der Waals surface area contributed by atoms with E-state index in [0.717, 1.165) is 0 Å². The van der Waals surface area contributed by atoms with Gasteiger partial charge in [0.25, 0.3) is 0 Å². The van der Waals surface area contributed by atoms with E-state index in [1.807, 2.05) is 13.8 Å². The van der Waals surface area contributed by atoms with Crippen LogP contribution in [-0.4, -0.2) is 29.2 Å². The molecule has 1 heterocycles. The van der Waals surface area contributed by atoms with Gasteiger partial charge in [0.1, 0.15) is 0 Å². The molecule has 0 aromatic heterocycles. The van der Waals surface area contributed by atoms with Crippen molar-refractivity contribution in [2.75, 3.05) is 6.61 Å². The van der Waals surface area contributed by atoms with Crippen LogP contribution in [0.4, 0.5) is 0 Å². The van der Waals surface area contributed by atoms with Gasteiger partial charge in [-0.05, 0) is 26.7 Å². The van der Waals surface area contributed by atoms with Gasteiger partial charge < -0.3 is 14.6 Å². The maximum absolute atomic E-state index is 10.4. The summed E-state index contributed by atoms with van der Waals surface area (Å²) >= 11 is 0. The minimum Gasteiger partial charge on any atom is -0.389 e. The molecule has 3 heteroatoms.